The lowest BCUT2D eigenvalue weighted by molar-refractivity contribution is -0.131. The third-order valence-corrected chi connectivity index (χ3v) is 3.13. The van der Waals surface area contributed by atoms with E-state index in [2.05, 4.69) is 17.4 Å². The normalized spacial score (nSPS) is 12.1. The third-order valence-electron chi connectivity index (χ3n) is 3.13. The van der Waals surface area contributed by atoms with E-state index in [9.17, 15) is 4.79 Å². The Hall–Kier alpha value is -2.14. The van der Waals surface area contributed by atoms with Gasteiger partial charge in [0.1, 0.15) is 0 Å². The Morgan fingerprint density at radius 1 is 1.38 bits per heavy atom. The highest BCUT2D eigenvalue weighted by Gasteiger charge is 2.19. The summed E-state index contributed by atoms with van der Waals surface area (Å²) in [5.74, 6) is 0.451. The Labute approximate surface area is 124 Å². The Morgan fingerprint density at radius 3 is 2.81 bits per heavy atom. The van der Waals surface area contributed by atoms with Crippen molar-refractivity contribution in [3.05, 3.63) is 53.4 Å². The molecule has 0 radical (unpaired) electrons. The summed E-state index contributed by atoms with van der Waals surface area (Å²) in [6.07, 6.45) is 1.27. The van der Waals surface area contributed by atoms with Gasteiger partial charge in [-0.1, -0.05) is 48.8 Å². The summed E-state index contributed by atoms with van der Waals surface area (Å²) >= 11 is 0. The van der Waals surface area contributed by atoms with E-state index in [-0.39, 0.29) is 5.91 Å². The Balaban J connectivity index is 1.93. The van der Waals surface area contributed by atoms with Crippen LogP contribution in [0, 0.1) is 0 Å². The summed E-state index contributed by atoms with van der Waals surface area (Å²) in [7, 11) is 1.52. The van der Waals surface area contributed by atoms with Crippen molar-refractivity contribution in [2.75, 3.05) is 7.11 Å². The number of aromatic nitrogens is 1. The van der Waals surface area contributed by atoms with E-state index < -0.39 is 6.10 Å². The number of carbonyl (C=O) groups is 1. The number of aryl methyl sites for hydroxylation is 1. The number of ether oxygens (including phenoxy) is 1. The topological polar surface area (TPSA) is 64.4 Å². The maximum atomic E-state index is 12.2. The van der Waals surface area contributed by atoms with Crippen molar-refractivity contribution in [2.24, 2.45) is 0 Å². The molecule has 1 heterocycles. The van der Waals surface area contributed by atoms with Crippen molar-refractivity contribution in [1.29, 1.82) is 0 Å². The number of benzene rings is 1. The first-order chi connectivity index (χ1) is 10.2. The first kappa shape index (κ1) is 15.3. The van der Waals surface area contributed by atoms with E-state index in [1.165, 1.54) is 7.11 Å². The fraction of sp³-hybridized carbons (Fsp3) is 0.375. The SMILES string of the molecule is CCCc1cc(CNC(=O)[C@H](OC)c2ccccc2)on1. The molecule has 21 heavy (non-hydrogen) atoms. The molecule has 112 valence electrons. The van der Waals surface area contributed by atoms with Gasteiger partial charge in [0.05, 0.1) is 12.2 Å². The zero-order chi connectivity index (χ0) is 15.1. The molecule has 1 aromatic heterocycles. The van der Waals surface area contributed by atoms with Gasteiger partial charge in [-0.05, 0) is 12.0 Å². The lowest BCUT2D eigenvalue weighted by atomic mass is 10.1. The van der Waals surface area contributed by atoms with Crippen LogP contribution in [-0.2, 0) is 22.5 Å². The monoisotopic (exact) mass is 288 g/mol. The molecule has 1 aromatic carbocycles. The van der Waals surface area contributed by atoms with Crippen molar-refractivity contribution < 1.29 is 14.1 Å². The number of nitrogens with one attached hydrogen (secondary N) is 1. The number of hydrogen-bond donors (Lipinski definition) is 1. The molecule has 2 aromatic rings. The molecule has 0 spiro atoms. The van der Waals surface area contributed by atoms with Gasteiger partial charge in [-0.25, -0.2) is 0 Å². The van der Waals surface area contributed by atoms with Gasteiger partial charge in [0.2, 0.25) is 0 Å². The molecule has 0 fully saturated rings. The average Bonchev–Trinajstić information content (AvgIpc) is 2.95. The molecule has 0 aliphatic heterocycles. The summed E-state index contributed by atoms with van der Waals surface area (Å²) in [6, 6.07) is 11.2. The summed E-state index contributed by atoms with van der Waals surface area (Å²) in [5, 5.41) is 6.76. The molecule has 5 nitrogen and oxygen atoms in total. The Bertz CT molecular complexity index is 566. The van der Waals surface area contributed by atoms with Gasteiger partial charge in [0.25, 0.3) is 5.91 Å². The van der Waals surface area contributed by atoms with Crippen LogP contribution in [0.4, 0.5) is 0 Å². The van der Waals surface area contributed by atoms with Crippen LogP contribution in [0.2, 0.25) is 0 Å². The molecular formula is C16H20N2O3. The fourth-order valence-electron chi connectivity index (χ4n) is 2.10. The van der Waals surface area contributed by atoms with Crippen LogP contribution in [-0.4, -0.2) is 18.2 Å². The van der Waals surface area contributed by atoms with Crippen LogP contribution in [0.5, 0.6) is 0 Å². The molecule has 5 heteroatoms. The molecule has 0 aliphatic rings. The highest BCUT2D eigenvalue weighted by Crippen LogP contribution is 2.16. The summed E-state index contributed by atoms with van der Waals surface area (Å²) < 4.78 is 10.5. The highest BCUT2D eigenvalue weighted by atomic mass is 16.5. The standard InChI is InChI=1S/C16H20N2O3/c1-3-7-13-10-14(21-18-13)11-17-16(19)15(20-2)12-8-5-4-6-9-12/h4-6,8-10,15H,3,7,11H2,1-2H3,(H,17,19)/t15-/m1/s1. The van der Waals surface area contributed by atoms with Crippen molar-refractivity contribution in [2.45, 2.75) is 32.4 Å². The Morgan fingerprint density at radius 2 is 2.14 bits per heavy atom. The van der Waals surface area contributed by atoms with Gasteiger partial charge in [0.15, 0.2) is 11.9 Å². The first-order valence-corrected chi connectivity index (χ1v) is 7.04. The van der Waals surface area contributed by atoms with Crippen LogP contribution in [0.3, 0.4) is 0 Å². The van der Waals surface area contributed by atoms with E-state index in [1.807, 2.05) is 36.4 Å². The summed E-state index contributed by atoms with van der Waals surface area (Å²) in [5.41, 5.74) is 1.73. The van der Waals surface area contributed by atoms with E-state index in [4.69, 9.17) is 9.26 Å². The van der Waals surface area contributed by atoms with Crippen molar-refractivity contribution in [3.63, 3.8) is 0 Å². The van der Waals surface area contributed by atoms with Gasteiger partial charge < -0.3 is 14.6 Å². The lowest BCUT2D eigenvalue weighted by Gasteiger charge is -2.14. The van der Waals surface area contributed by atoms with E-state index in [1.54, 1.807) is 0 Å². The molecule has 0 unspecified atom stereocenters. The fourth-order valence-corrected chi connectivity index (χ4v) is 2.10. The van der Waals surface area contributed by atoms with E-state index in [0.717, 1.165) is 24.1 Å². The predicted molar refractivity (Wildman–Crippen MR) is 78.5 cm³/mol. The van der Waals surface area contributed by atoms with Crippen LogP contribution < -0.4 is 5.32 Å². The molecule has 1 amide bonds. The summed E-state index contributed by atoms with van der Waals surface area (Å²) in [4.78, 5) is 12.2. The maximum absolute atomic E-state index is 12.2. The number of nitrogens with zero attached hydrogens (tertiary/aromatic N) is 1. The maximum Gasteiger partial charge on any atom is 0.254 e. The van der Waals surface area contributed by atoms with E-state index >= 15 is 0 Å². The lowest BCUT2D eigenvalue weighted by Crippen LogP contribution is -2.29. The van der Waals surface area contributed by atoms with Gasteiger partial charge in [-0.2, -0.15) is 0 Å². The summed E-state index contributed by atoms with van der Waals surface area (Å²) in [6.45, 7) is 2.39. The van der Waals surface area contributed by atoms with Crippen molar-refractivity contribution >= 4 is 5.91 Å². The van der Waals surface area contributed by atoms with Crippen LogP contribution >= 0.6 is 0 Å². The minimum absolute atomic E-state index is 0.197. The van der Waals surface area contributed by atoms with Crippen molar-refractivity contribution in [3.8, 4) is 0 Å². The number of amides is 1. The van der Waals surface area contributed by atoms with Gasteiger partial charge >= 0.3 is 0 Å². The third kappa shape index (κ3) is 4.16. The molecular weight excluding hydrogens is 268 g/mol. The smallest absolute Gasteiger partial charge is 0.254 e. The van der Waals surface area contributed by atoms with Crippen LogP contribution in [0.25, 0.3) is 0 Å². The van der Waals surface area contributed by atoms with Gasteiger partial charge in [-0.3, -0.25) is 4.79 Å². The molecule has 2 rings (SSSR count). The molecule has 0 saturated heterocycles. The second-order valence-corrected chi connectivity index (χ2v) is 4.78. The van der Waals surface area contributed by atoms with Crippen LogP contribution in [0.15, 0.2) is 40.9 Å². The number of rotatable bonds is 7. The average molecular weight is 288 g/mol. The quantitative estimate of drug-likeness (QED) is 0.850. The molecule has 1 N–H and O–H groups in total. The van der Waals surface area contributed by atoms with Gasteiger partial charge in [0, 0.05) is 13.2 Å². The molecule has 0 saturated carbocycles. The number of hydrogen-bond acceptors (Lipinski definition) is 4. The number of methoxy groups -OCH3 is 1. The largest absolute Gasteiger partial charge is 0.367 e. The van der Waals surface area contributed by atoms with Crippen molar-refractivity contribution in [1.82, 2.24) is 10.5 Å². The first-order valence-electron chi connectivity index (χ1n) is 7.04. The van der Waals surface area contributed by atoms with E-state index in [0.29, 0.717) is 12.3 Å². The minimum atomic E-state index is -0.621. The second kappa shape index (κ2) is 7.59. The number of carbonyl (C=O) groups excluding carboxylic acids is 1. The highest BCUT2D eigenvalue weighted by molar-refractivity contribution is 5.82. The van der Waals surface area contributed by atoms with Crippen LogP contribution in [0.1, 0.15) is 36.5 Å². The second-order valence-electron chi connectivity index (χ2n) is 4.78. The minimum Gasteiger partial charge on any atom is -0.367 e. The van der Waals surface area contributed by atoms with Gasteiger partial charge in [-0.15, -0.1) is 0 Å². The predicted octanol–water partition coefficient (Wildman–Crippen LogP) is 2.63. The Kier molecular flexibility index (Phi) is 5.51. The molecule has 0 bridgehead atoms. The zero-order valence-corrected chi connectivity index (χ0v) is 12.3. The zero-order valence-electron chi connectivity index (χ0n) is 12.3. The molecule has 1 atom stereocenters. The molecule has 0 aliphatic carbocycles.